The van der Waals surface area contributed by atoms with Gasteiger partial charge in [-0.3, -0.25) is 4.79 Å². The molecule has 0 aromatic carbocycles. The van der Waals surface area contributed by atoms with E-state index in [1.807, 2.05) is 0 Å². The molecule has 14 heavy (non-hydrogen) atoms. The van der Waals surface area contributed by atoms with Gasteiger partial charge in [0, 0.05) is 6.42 Å². The maximum atomic E-state index is 9.96. The minimum atomic E-state index is -0.675. The first-order valence-corrected chi connectivity index (χ1v) is 5.90. The van der Waals surface area contributed by atoms with Crippen LogP contribution in [0.15, 0.2) is 0 Å². The number of aliphatic carboxylic acids is 1. The van der Waals surface area contributed by atoms with Gasteiger partial charge in [-0.15, -0.1) is 0 Å². The van der Waals surface area contributed by atoms with Crippen LogP contribution < -0.4 is 0 Å². The van der Waals surface area contributed by atoms with Crippen molar-refractivity contribution in [2.45, 2.75) is 72.1 Å². The van der Waals surface area contributed by atoms with Crippen LogP contribution in [0.1, 0.15) is 72.1 Å². The van der Waals surface area contributed by atoms with E-state index in [1.54, 1.807) is 0 Å². The molecule has 0 aliphatic rings. The topological polar surface area (TPSA) is 37.3 Å². The zero-order chi connectivity index (χ0) is 11.2. The van der Waals surface area contributed by atoms with E-state index in [0.717, 1.165) is 19.3 Å². The van der Waals surface area contributed by atoms with E-state index in [0.29, 0.717) is 6.42 Å². The van der Waals surface area contributed by atoms with Gasteiger partial charge >= 0.3 is 5.97 Å². The summed E-state index contributed by atoms with van der Waals surface area (Å²) in [6.07, 6.45) is 8.63. The van der Waals surface area contributed by atoms with E-state index in [1.165, 1.54) is 25.7 Å². The molecule has 0 unspecified atom stereocenters. The predicted molar refractivity (Wildman–Crippen MR) is 61.6 cm³/mol. The van der Waals surface area contributed by atoms with Crippen molar-refractivity contribution in [3.8, 4) is 0 Å². The van der Waals surface area contributed by atoms with Crippen molar-refractivity contribution in [3.63, 3.8) is 0 Å². The monoisotopic (exact) mass is 202 g/mol. The molecule has 0 rings (SSSR count). The lowest BCUT2D eigenvalue weighted by atomic mass is 10.2. The average Bonchev–Trinajstić information content (AvgIpc) is 2.15. The second-order valence-corrected chi connectivity index (χ2v) is 3.56. The minimum absolute atomic E-state index is 0.333. The molecule has 0 radical (unpaired) electrons. The number of carboxylic acid groups (broad SMARTS) is 1. The quantitative estimate of drug-likeness (QED) is 0.627. The molecule has 2 nitrogen and oxygen atoms in total. The van der Waals surface area contributed by atoms with Crippen molar-refractivity contribution in [1.82, 2.24) is 0 Å². The van der Waals surface area contributed by atoms with E-state index in [9.17, 15) is 4.79 Å². The number of hydrogen-bond acceptors (Lipinski definition) is 1. The molecule has 0 aromatic heterocycles. The van der Waals surface area contributed by atoms with Gasteiger partial charge in [0.15, 0.2) is 0 Å². The Labute approximate surface area is 88.7 Å². The second-order valence-electron chi connectivity index (χ2n) is 3.56. The van der Waals surface area contributed by atoms with Crippen LogP contribution in [0.3, 0.4) is 0 Å². The van der Waals surface area contributed by atoms with Crippen LogP contribution in [0.5, 0.6) is 0 Å². The largest absolute Gasteiger partial charge is 0.481 e. The Bertz CT molecular complexity index is 109. The molecule has 0 bridgehead atoms. The molecule has 0 amide bonds. The maximum Gasteiger partial charge on any atom is 0.303 e. The highest BCUT2D eigenvalue weighted by Crippen LogP contribution is 2.01. The van der Waals surface area contributed by atoms with E-state index in [2.05, 4.69) is 20.8 Å². The van der Waals surface area contributed by atoms with Crippen molar-refractivity contribution >= 4 is 5.97 Å². The summed E-state index contributed by atoms with van der Waals surface area (Å²) >= 11 is 0. The highest BCUT2D eigenvalue weighted by Gasteiger charge is 1.93. The molecule has 0 saturated heterocycles. The van der Waals surface area contributed by atoms with Crippen molar-refractivity contribution < 1.29 is 9.90 Å². The van der Waals surface area contributed by atoms with E-state index < -0.39 is 5.97 Å². The molecule has 0 atom stereocenters. The Morgan fingerprint density at radius 2 is 1.36 bits per heavy atom. The molecule has 0 aromatic rings. The van der Waals surface area contributed by atoms with Gasteiger partial charge in [-0.05, 0) is 6.42 Å². The van der Waals surface area contributed by atoms with E-state index in [-0.39, 0.29) is 0 Å². The number of carboxylic acids is 1. The molecule has 0 fully saturated rings. The molecule has 0 saturated carbocycles. The molecule has 0 heterocycles. The van der Waals surface area contributed by atoms with Gasteiger partial charge in [0.05, 0.1) is 0 Å². The lowest BCUT2D eigenvalue weighted by Crippen LogP contribution is -1.92. The molecule has 86 valence electrons. The standard InChI is InChI=1S/C7H14O2.C5H12/c1-2-3-4-5-6-7(8)9;1-3-5-4-2/h2-6H2,1H3,(H,8,9);3-5H2,1-2H3. The predicted octanol–water partition coefficient (Wildman–Crippen LogP) is 4.24. The molecule has 2 heteroatoms. The maximum absolute atomic E-state index is 9.96. The van der Waals surface area contributed by atoms with Crippen LogP contribution in [-0.4, -0.2) is 11.1 Å². The minimum Gasteiger partial charge on any atom is -0.481 e. The Morgan fingerprint density at radius 3 is 1.64 bits per heavy atom. The summed E-state index contributed by atoms with van der Waals surface area (Å²) in [5.74, 6) is -0.675. The van der Waals surface area contributed by atoms with Crippen LogP contribution >= 0.6 is 0 Å². The molecule has 0 aliphatic carbocycles. The number of unbranched alkanes of at least 4 members (excludes halogenated alkanes) is 5. The summed E-state index contributed by atoms with van der Waals surface area (Å²) in [6.45, 7) is 6.54. The SMILES string of the molecule is CCCCC.CCCCCCC(=O)O. The van der Waals surface area contributed by atoms with E-state index in [4.69, 9.17) is 5.11 Å². The Kier molecular flexibility index (Phi) is 17.0. The smallest absolute Gasteiger partial charge is 0.303 e. The van der Waals surface area contributed by atoms with Gasteiger partial charge in [-0.1, -0.05) is 59.3 Å². The highest BCUT2D eigenvalue weighted by molar-refractivity contribution is 5.66. The fourth-order valence-corrected chi connectivity index (χ4v) is 1.06. The van der Waals surface area contributed by atoms with Gasteiger partial charge in [-0.25, -0.2) is 0 Å². The molecule has 0 spiro atoms. The average molecular weight is 202 g/mol. The normalized spacial score (nSPS) is 9.07. The van der Waals surface area contributed by atoms with Crippen molar-refractivity contribution in [3.05, 3.63) is 0 Å². The Hall–Kier alpha value is -0.530. The van der Waals surface area contributed by atoms with Crippen molar-refractivity contribution in [2.75, 3.05) is 0 Å². The summed E-state index contributed by atoms with van der Waals surface area (Å²) in [4.78, 5) is 9.96. The summed E-state index contributed by atoms with van der Waals surface area (Å²) < 4.78 is 0. The lowest BCUT2D eigenvalue weighted by molar-refractivity contribution is -0.137. The third-order valence-electron chi connectivity index (χ3n) is 1.95. The lowest BCUT2D eigenvalue weighted by Gasteiger charge is -1.92. The van der Waals surface area contributed by atoms with Gasteiger partial charge in [0.25, 0.3) is 0 Å². The second kappa shape index (κ2) is 15.0. The third kappa shape index (κ3) is 22.5. The first kappa shape index (κ1) is 15.9. The van der Waals surface area contributed by atoms with Crippen LogP contribution in [0.4, 0.5) is 0 Å². The fourth-order valence-electron chi connectivity index (χ4n) is 1.06. The van der Waals surface area contributed by atoms with Gasteiger partial charge in [0.1, 0.15) is 0 Å². The van der Waals surface area contributed by atoms with Gasteiger partial charge in [0.2, 0.25) is 0 Å². The summed E-state index contributed by atoms with van der Waals surface area (Å²) in [7, 11) is 0. The highest BCUT2D eigenvalue weighted by atomic mass is 16.4. The fraction of sp³-hybridized carbons (Fsp3) is 0.917. The van der Waals surface area contributed by atoms with Crippen LogP contribution in [0.25, 0.3) is 0 Å². The van der Waals surface area contributed by atoms with Crippen molar-refractivity contribution in [1.29, 1.82) is 0 Å². The molecular formula is C12H26O2. The Balaban J connectivity index is 0. The first-order chi connectivity index (χ1) is 6.68. The first-order valence-electron chi connectivity index (χ1n) is 5.90. The van der Waals surface area contributed by atoms with E-state index >= 15 is 0 Å². The van der Waals surface area contributed by atoms with Gasteiger partial charge < -0.3 is 5.11 Å². The van der Waals surface area contributed by atoms with Crippen LogP contribution in [-0.2, 0) is 4.79 Å². The Morgan fingerprint density at radius 1 is 0.857 bits per heavy atom. The van der Waals surface area contributed by atoms with Gasteiger partial charge in [-0.2, -0.15) is 0 Å². The summed E-state index contributed by atoms with van der Waals surface area (Å²) in [5, 5.41) is 8.21. The zero-order valence-corrected chi connectivity index (χ0v) is 10.0. The summed E-state index contributed by atoms with van der Waals surface area (Å²) in [6, 6.07) is 0. The van der Waals surface area contributed by atoms with Crippen LogP contribution in [0.2, 0.25) is 0 Å². The number of carbonyl (C=O) groups is 1. The number of rotatable bonds is 7. The zero-order valence-electron chi connectivity index (χ0n) is 10.0. The molecular weight excluding hydrogens is 176 g/mol. The van der Waals surface area contributed by atoms with Crippen molar-refractivity contribution in [2.24, 2.45) is 0 Å². The van der Waals surface area contributed by atoms with Crippen LogP contribution in [0, 0.1) is 0 Å². The third-order valence-corrected chi connectivity index (χ3v) is 1.95. The molecule has 1 N–H and O–H groups in total. The summed E-state index contributed by atoms with van der Waals surface area (Å²) in [5.41, 5.74) is 0. The number of hydrogen-bond donors (Lipinski definition) is 1. The molecule has 0 aliphatic heterocycles.